The Morgan fingerprint density at radius 1 is 1.08 bits per heavy atom. The van der Waals surface area contributed by atoms with Gasteiger partial charge in [0, 0.05) is 35.2 Å². The van der Waals surface area contributed by atoms with Crippen molar-refractivity contribution in [1.29, 1.82) is 0 Å². The standard InChI is InChI=1S/C27H28N8O13S2/c1-27(2,25(42)43)48-33-19(16-11-49-26(28)31-16)23(40)32-20-17(35(24(20)41)50(45,46)47)10-30-22(39)13-5-3-12(4-6-13)21(38)29-9-14-7-15(36)8-18(37)34(14)44/h3-8,11,17,20,36,44H,9-10H2,1-2H3,(H2,28,31)(H,29,38)(H,30,39)(H,32,40)(H,42,43)(H,45,46,47)/t17-,20+/m1/s1. The molecular formula is C27H28N8O13S2. The van der Waals surface area contributed by atoms with Gasteiger partial charge in [0.2, 0.25) is 5.60 Å². The third-order valence-electron chi connectivity index (χ3n) is 6.94. The summed E-state index contributed by atoms with van der Waals surface area (Å²) in [4.78, 5) is 83.3. The van der Waals surface area contributed by atoms with Crippen molar-refractivity contribution in [2.75, 3.05) is 12.3 Å². The molecule has 3 aromatic rings. The van der Waals surface area contributed by atoms with Gasteiger partial charge in [-0.15, -0.1) is 11.3 Å². The lowest BCUT2D eigenvalue weighted by Crippen LogP contribution is -2.74. The number of amides is 4. The lowest BCUT2D eigenvalue weighted by Gasteiger charge is -2.44. The van der Waals surface area contributed by atoms with Gasteiger partial charge in [-0.1, -0.05) is 5.16 Å². The molecule has 1 aliphatic rings. The van der Waals surface area contributed by atoms with E-state index in [4.69, 9.17) is 10.6 Å². The summed E-state index contributed by atoms with van der Waals surface area (Å²) in [5.41, 5.74) is 1.91. The molecule has 9 N–H and O–H groups in total. The zero-order chi connectivity index (χ0) is 37.1. The fourth-order valence-corrected chi connectivity index (χ4v) is 5.67. The summed E-state index contributed by atoms with van der Waals surface area (Å²) in [6.07, 6.45) is 0. The first-order chi connectivity index (χ1) is 23.3. The van der Waals surface area contributed by atoms with Crippen LogP contribution >= 0.6 is 11.3 Å². The number of benzene rings is 1. The van der Waals surface area contributed by atoms with Crippen LogP contribution in [0.1, 0.15) is 46.0 Å². The smallest absolute Gasteiger partial charge is 0.362 e. The predicted molar refractivity (Wildman–Crippen MR) is 169 cm³/mol. The Morgan fingerprint density at radius 2 is 1.68 bits per heavy atom. The third-order valence-corrected chi connectivity index (χ3v) is 8.56. The molecule has 50 heavy (non-hydrogen) atoms. The van der Waals surface area contributed by atoms with E-state index in [9.17, 15) is 57.2 Å². The number of β-lactam (4-membered cyclic amide) rings is 1. The van der Waals surface area contributed by atoms with Crippen molar-refractivity contribution >= 4 is 62.1 Å². The first kappa shape index (κ1) is 36.8. The monoisotopic (exact) mass is 736 g/mol. The molecule has 0 spiro atoms. The van der Waals surface area contributed by atoms with E-state index < -0.39 is 81.2 Å². The van der Waals surface area contributed by atoms with Crippen molar-refractivity contribution < 1.29 is 57.2 Å². The van der Waals surface area contributed by atoms with E-state index in [1.807, 2.05) is 0 Å². The molecule has 21 nitrogen and oxygen atoms in total. The highest BCUT2D eigenvalue weighted by molar-refractivity contribution is 7.84. The minimum absolute atomic E-state index is 0.00357. The van der Waals surface area contributed by atoms with Crippen molar-refractivity contribution in [3.8, 4) is 5.75 Å². The van der Waals surface area contributed by atoms with Crippen LogP contribution in [0.15, 0.2) is 51.7 Å². The number of aliphatic carboxylic acids is 1. The van der Waals surface area contributed by atoms with Gasteiger partial charge in [0.15, 0.2) is 10.8 Å². The maximum atomic E-state index is 13.2. The van der Waals surface area contributed by atoms with Crippen LogP contribution in [0.2, 0.25) is 0 Å². The molecule has 1 aliphatic heterocycles. The van der Waals surface area contributed by atoms with E-state index in [2.05, 4.69) is 26.1 Å². The highest BCUT2D eigenvalue weighted by Gasteiger charge is 2.54. The highest BCUT2D eigenvalue weighted by atomic mass is 32.2. The lowest BCUT2D eigenvalue weighted by atomic mass is 9.98. The molecule has 1 aromatic carbocycles. The molecule has 1 saturated heterocycles. The molecule has 1 fully saturated rings. The van der Waals surface area contributed by atoms with Gasteiger partial charge >= 0.3 is 16.3 Å². The largest absolute Gasteiger partial charge is 0.508 e. The molecule has 266 valence electrons. The minimum Gasteiger partial charge on any atom is -0.508 e. The van der Waals surface area contributed by atoms with Crippen LogP contribution in [0, 0.1) is 0 Å². The van der Waals surface area contributed by atoms with E-state index in [1.165, 1.54) is 29.6 Å². The Hall–Kier alpha value is -6.07. The maximum absolute atomic E-state index is 13.2. The summed E-state index contributed by atoms with van der Waals surface area (Å²) >= 11 is 0.896. The second kappa shape index (κ2) is 14.2. The number of nitrogen functional groups attached to an aromatic ring is 1. The van der Waals surface area contributed by atoms with Crippen LogP contribution in [0.4, 0.5) is 5.13 Å². The predicted octanol–water partition coefficient (Wildman–Crippen LogP) is -1.73. The van der Waals surface area contributed by atoms with Gasteiger partial charge in [-0.3, -0.25) is 28.5 Å². The average molecular weight is 737 g/mol. The van der Waals surface area contributed by atoms with Crippen LogP contribution in [-0.4, -0.2) is 102 Å². The first-order valence-corrected chi connectivity index (χ1v) is 16.2. The molecule has 0 aliphatic carbocycles. The zero-order valence-electron chi connectivity index (χ0n) is 25.8. The second-order valence-electron chi connectivity index (χ2n) is 10.9. The second-order valence-corrected chi connectivity index (χ2v) is 13.1. The quantitative estimate of drug-likeness (QED) is 0.0318. The number of nitrogens with zero attached hydrogens (tertiary/aromatic N) is 4. The molecular weight excluding hydrogens is 708 g/mol. The Kier molecular flexibility index (Phi) is 10.4. The first-order valence-electron chi connectivity index (χ1n) is 13.9. The van der Waals surface area contributed by atoms with E-state index in [1.54, 1.807) is 0 Å². The number of anilines is 1. The zero-order valence-corrected chi connectivity index (χ0v) is 27.4. The lowest BCUT2D eigenvalue weighted by molar-refractivity contribution is -0.161. The summed E-state index contributed by atoms with van der Waals surface area (Å²) in [5.74, 6) is -5.79. The number of aromatic hydroxyl groups is 1. The van der Waals surface area contributed by atoms with Crippen LogP contribution in [0.5, 0.6) is 5.75 Å². The number of pyridine rings is 1. The number of carboxylic acid groups (broad SMARTS) is 1. The fourth-order valence-electron chi connectivity index (χ4n) is 4.24. The number of carboxylic acids is 1. The summed E-state index contributed by atoms with van der Waals surface area (Å²) in [5, 5.41) is 40.5. The van der Waals surface area contributed by atoms with Crippen molar-refractivity contribution in [3.63, 3.8) is 0 Å². The SMILES string of the molecule is CC(C)(ON=C(C(=O)N[C@@H]1C(=O)N(S(=O)(=O)O)[C@@H]1CNC(=O)c1ccc(C(=O)NCc2cc(O)cc(=O)n2O)cc1)c1csc(N)n1)C(=O)O. The number of hydrogen-bond acceptors (Lipinski definition) is 15. The van der Waals surface area contributed by atoms with Crippen molar-refractivity contribution in [2.45, 2.75) is 38.1 Å². The number of rotatable bonds is 13. The third kappa shape index (κ3) is 8.13. The van der Waals surface area contributed by atoms with Crippen LogP contribution < -0.4 is 27.2 Å². The Labute approximate surface area is 284 Å². The van der Waals surface area contributed by atoms with Crippen molar-refractivity contribution in [3.05, 3.63) is 74.6 Å². The summed E-state index contributed by atoms with van der Waals surface area (Å²) < 4.78 is 33.8. The summed E-state index contributed by atoms with van der Waals surface area (Å²) in [7, 11) is -5.16. The number of thiazole rings is 1. The van der Waals surface area contributed by atoms with Gasteiger partial charge in [0.1, 0.15) is 17.5 Å². The molecule has 0 bridgehead atoms. The van der Waals surface area contributed by atoms with E-state index in [0.717, 1.165) is 37.3 Å². The average Bonchev–Trinajstić information content (AvgIpc) is 3.47. The molecule has 0 radical (unpaired) electrons. The number of oxime groups is 1. The highest BCUT2D eigenvalue weighted by Crippen LogP contribution is 2.24. The molecule has 3 heterocycles. The van der Waals surface area contributed by atoms with Gasteiger partial charge in [0.25, 0.3) is 29.2 Å². The van der Waals surface area contributed by atoms with Crippen molar-refractivity contribution in [2.24, 2.45) is 5.16 Å². The minimum atomic E-state index is -5.16. The Balaban J connectivity index is 1.45. The fraction of sp³-hybridized carbons (Fsp3) is 0.259. The van der Waals surface area contributed by atoms with Gasteiger partial charge in [-0.25, -0.2) is 14.1 Å². The van der Waals surface area contributed by atoms with Crippen molar-refractivity contribution in [1.82, 2.24) is 30.0 Å². The van der Waals surface area contributed by atoms with Crippen LogP contribution in [-0.2, 0) is 36.1 Å². The Bertz CT molecular complexity index is 2060. The van der Waals surface area contributed by atoms with E-state index >= 15 is 0 Å². The number of nitrogens with two attached hydrogens (primary N) is 1. The molecule has 23 heteroatoms. The summed E-state index contributed by atoms with van der Waals surface area (Å²) in [6, 6.07) is 3.59. The van der Waals surface area contributed by atoms with Gasteiger partial charge < -0.3 is 41.9 Å². The maximum Gasteiger partial charge on any atom is 0.362 e. The normalized spacial score (nSPS) is 16.3. The molecule has 0 saturated carbocycles. The number of hydrogen-bond donors (Lipinski definition) is 8. The van der Waals surface area contributed by atoms with Gasteiger partial charge in [-0.05, 0) is 38.1 Å². The van der Waals surface area contributed by atoms with E-state index in [-0.39, 0.29) is 43.2 Å². The summed E-state index contributed by atoms with van der Waals surface area (Å²) in [6.45, 7) is 1.31. The molecule has 0 unspecified atom stereocenters. The van der Waals surface area contributed by atoms with Gasteiger partial charge in [0.05, 0.1) is 18.3 Å². The van der Waals surface area contributed by atoms with Gasteiger partial charge in [-0.2, -0.15) is 13.1 Å². The number of aromatic nitrogens is 2. The molecule has 2 atom stereocenters. The topological polar surface area (TPSA) is 322 Å². The van der Waals surface area contributed by atoms with E-state index in [0.29, 0.717) is 0 Å². The number of carbonyl (C=O) groups excluding carboxylic acids is 4. The number of carbonyl (C=O) groups is 5. The molecule has 4 amide bonds. The number of nitrogens with one attached hydrogen (secondary N) is 3. The molecule has 2 aromatic heterocycles. The Morgan fingerprint density at radius 3 is 2.22 bits per heavy atom. The van der Waals surface area contributed by atoms with Crippen LogP contribution in [0.3, 0.4) is 0 Å². The molecule has 4 rings (SSSR count). The van der Waals surface area contributed by atoms with Crippen LogP contribution in [0.25, 0.3) is 0 Å².